The summed E-state index contributed by atoms with van der Waals surface area (Å²) in [5.74, 6) is 0.644. The maximum Gasteiger partial charge on any atom is 0.180 e. The number of sulfone groups is 1. The van der Waals surface area contributed by atoms with Crippen LogP contribution in [0, 0.1) is 6.92 Å². The molecule has 0 aromatic carbocycles. The Kier molecular flexibility index (Phi) is 2.63. The molecule has 0 radical (unpaired) electrons. The van der Waals surface area contributed by atoms with E-state index in [9.17, 15) is 13.2 Å². The zero-order valence-corrected chi connectivity index (χ0v) is 9.76. The summed E-state index contributed by atoms with van der Waals surface area (Å²) in [6, 6.07) is 0. The minimum Gasteiger partial charge on any atom is -0.464 e. The Morgan fingerprint density at radius 3 is 2.81 bits per heavy atom. The van der Waals surface area contributed by atoms with Crippen LogP contribution in [-0.4, -0.2) is 26.5 Å². The van der Waals surface area contributed by atoms with Crippen molar-refractivity contribution >= 4 is 15.6 Å². The van der Waals surface area contributed by atoms with Crippen molar-refractivity contribution in [3.63, 3.8) is 0 Å². The number of nitrogens with two attached hydrogens (primary N) is 1. The summed E-state index contributed by atoms with van der Waals surface area (Å²) in [4.78, 5) is 11.6. The van der Waals surface area contributed by atoms with Crippen molar-refractivity contribution in [2.75, 3.05) is 12.3 Å². The van der Waals surface area contributed by atoms with Gasteiger partial charge in [0.25, 0.3) is 0 Å². The summed E-state index contributed by atoms with van der Waals surface area (Å²) in [5.41, 5.74) is 6.51. The Balaban J connectivity index is 2.52. The molecule has 2 rings (SSSR count). The van der Waals surface area contributed by atoms with Crippen LogP contribution >= 0.6 is 0 Å². The Morgan fingerprint density at radius 1 is 1.50 bits per heavy atom. The number of carbonyl (C=O) groups excluding carboxylic acids is 1. The minimum atomic E-state index is -3.07. The number of fused-ring (bicyclic) bond motifs is 1. The number of Topliss-reactive ketones (excluding diaryl/α,β-unsaturated/α-hetero) is 1. The zero-order valence-electron chi connectivity index (χ0n) is 8.95. The molecule has 1 aromatic rings. The number of carbonyl (C=O) groups is 1. The van der Waals surface area contributed by atoms with Gasteiger partial charge in [0, 0.05) is 5.56 Å². The summed E-state index contributed by atoms with van der Waals surface area (Å²) in [6.07, 6.45) is 0.343. The van der Waals surface area contributed by atoms with E-state index in [0.717, 1.165) is 5.56 Å². The first kappa shape index (κ1) is 11.3. The summed E-state index contributed by atoms with van der Waals surface area (Å²) >= 11 is 0. The van der Waals surface area contributed by atoms with Crippen LogP contribution in [0.5, 0.6) is 0 Å². The molecule has 0 fully saturated rings. The molecular formula is C10H13NO4S. The van der Waals surface area contributed by atoms with Crippen molar-refractivity contribution in [1.82, 2.24) is 0 Å². The molecule has 1 aliphatic heterocycles. The third-order valence-corrected chi connectivity index (χ3v) is 4.27. The van der Waals surface area contributed by atoms with Crippen molar-refractivity contribution in [3.8, 4) is 0 Å². The second-order valence-electron chi connectivity index (χ2n) is 3.90. The van der Waals surface area contributed by atoms with Gasteiger partial charge < -0.3 is 10.2 Å². The number of ketones is 1. The average Bonchev–Trinajstić information content (AvgIpc) is 2.50. The van der Waals surface area contributed by atoms with Crippen LogP contribution in [0.3, 0.4) is 0 Å². The molecule has 1 aliphatic rings. The second kappa shape index (κ2) is 3.71. The van der Waals surface area contributed by atoms with Gasteiger partial charge in [-0.3, -0.25) is 4.79 Å². The quantitative estimate of drug-likeness (QED) is 0.749. The average molecular weight is 243 g/mol. The number of hydrogen-bond acceptors (Lipinski definition) is 5. The van der Waals surface area contributed by atoms with E-state index in [1.54, 1.807) is 6.92 Å². The molecular weight excluding hydrogens is 230 g/mol. The minimum absolute atomic E-state index is 0.0732. The lowest BCUT2D eigenvalue weighted by atomic mass is 10.0. The van der Waals surface area contributed by atoms with E-state index >= 15 is 0 Å². The molecule has 0 amide bonds. The third-order valence-electron chi connectivity index (χ3n) is 2.75. The van der Waals surface area contributed by atoms with Crippen LogP contribution in [-0.2, 0) is 22.0 Å². The first-order valence-electron chi connectivity index (χ1n) is 4.99. The topological polar surface area (TPSA) is 90.4 Å². The summed E-state index contributed by atoms with van der Waals surface area (Å²) in [7, 11) is -3.07. The van der Waals surface area contributed by atoms with Crippen molar-refractivity contribution in [1.29, 1.82) is 0 Å². The highest BCUT2D eigenvalue weighted by molar-refractivity contribution is 7.90. The van der Waals surface area contributed by atoms with Gasteiger partial charge in [-0.15, -0.1) is 0 Å². The maximum absolute atomic E-state index is 11.6. The first-order chi connectivity index (χ1) is 7.44. The molecule has 2 N–H and O–H groups in total. The lowest BCUT2D eigenvalue weighted by Gasteiger charge is -2.11. The second-order valence-corrected chi connectivity index (χ2v) is 6.09. The molecule has 2 heterocycles. The van der Waals surface area contributed by atoms with Gasteiger partial charge in [-0.2, -0.15) is 0 Å². The van der Waals surface area contributed by atoms with Crippen molar-refractivity contribution in [2.24, 2.45) is 5.73 Å². The highest BCUT2D eigenvalue weighted by Crippen LogP contribution is 2.29. The molecule has 6 heteroatoms. The fourth-order valence-electron chi connectivity index (χ4n) is 2.03. The van der Waals surface area contributed by atoms with Crippen molar-refractivity contribution in [3.05, 3.63) is 22.6 Å². The molecule has 0 atom stereocenters. The zero-order chi connectivity index (χ0) is 11.9. The molecule has 0 aliphatic carbocycles. The van der Waals surface area contributed by atoms with Gasteiger partial charge in [0.2, 0.25) is 0 Å². The van der Waals surface area contributed by atoms with Gasteiger partial charge in [0.1, 0.15) is 17.3 Å². The molecule has 0 saturated carbocycles. The van der Waals surface area contributed by atoms with Crippen LogP contribution in [0.1, 0.15) is 27.4 Å². The maximum atomic E-state index is 11.6. The van der Waals surface area contributed by atoms with Gasteiger partial charge in [-0.25, -0.2) is 8.42 Å². The third kappa shape index (κ3) is 1.78. The van der Waals surface area contributed by atoms with Crippen molar-refractivity contribution in [2.45, 2.75) is 19.1 Å². The van der Waals surface area contributed by atoms with E-state index < -0.39 is 9.84 Å². The van der Waals surface area contributed by atoms with Gasteiger partial charge >= 0.3 is 0 Å². The highest BCUT2D eigenvalue weighted by Gasteiger charge is 2.30. The fourth-order valence-corrected chi connectivity index (χ4v) is 3.32. The van der Waals surface area contributed by atoms with E-state index in [1.165, 1.54) is 0 Å². The van der Waals surface area contributed by atoms with Crippen LogP contribution in [0.25, 0.3) is 0 Å². The molecule has 0 bridgehead atoms. The van der Waals surface area contributed by atoms with E-state index in [-0.39, 0.29) is 23.8 Å². The number of furan rings is 1. The van der Waals surface area contributed by atoms with Crippen LogP contribution < -0.4 is 5.73 Å². The standard InChI is InChI=1S/C10H13NO4S/c1-6-10(8(12)4-11)7-2-3-16(13,14)5-9(7)15-6/h2-5,11H2,1H3. The van der Waals surface area contributed by atoms with Crippen LogP contribution in [0.2, 0.25) is 0 Å². The Hall–Kier alpha value is -1.14. The van der Waals surface area contributed by atoms with Gasteiger partial charge in [-0.05, 0) is 13.3 Å². The molecule has 5 nitrogen and oxygen atoms in total. The van der Waals surface area contributed by atoms with E-state index in [1.807, 2.05) is 0 Å². The lowest BCUT2D eigenvalue weighted by Crippen LogP contribution is -2.21. The van der Waals surface area contributed by atoms with Crippen LogP contribution in [0.4, 0.5) is 0 Å². The van der Waals surface area contributed by atoms with Gasteiger partial charge in [0.15, 0.2) is 15.6 Å². The molecule has 1 aromatic heterocycles. The molecule has 16 heavy (non-hydrogen) atoms. The SMILES string of the molecule is Cc1oc2c(c1C(=O)CN)CCS(=O)(=O)C2. The molecule has 0 spiro atoms. The number of aryl methyl sites for hydroxylation is 1. The molecule has 0 unspecified atom stereocenters. The van der Waals surface area contributed by atoms with Gasteiger partial charge in [-0.1, -0.05) is 0 Å². The molecule has 0 saturated heterocycles. The predicted molar refractivity (Wildman–Crippen MR) is 58.0 cm³/mol. The largest absolute Gasteiger partial charge is 0.464 e. The van der Waals surface area contributed by atoms with E-state index in [0.29, 0.717) is 23.5 Å². The first-order valence-corrected chi connectivity index (χ1v) is 6.81. The smallest absolute Gasteiger partial charge is 0.180 e. The fraction of sp³-hybridized carbons (Fsp3) is 0.500. The monoisotopic (exact) mass is 243 g/mol. The number of rotatable bonds is 2. The number of hydrogen-bond donors (Lipinski definition) is 1. The molecule has 88 valence electrons. The Bertz CT molecular complexity index is 541. The highest BCUT2D eigenvalue weighted by atomic mass is 32.2. The summed E-state index contributed by atoms with van der Waals surface area (Å²) in [5, 5.41) is 0. The Labute approximate surface area is 93.5 Å². The van der Waals surface area contributed by atoms with E-state index in [4.69, 9.17) is 10.2 Å². The summed E-state index contributed by atoms with van der Waals surface area (Å²) < 4.78 is 28.1. The summed E-state index contributed by atoms with van der Waals surface area (Å²) in [6.45, 7) is 1.58. The van der Waals surface area contributed by atoms with Gasteiger partial charge in [0.05, 0.1) is 17.9 Å². The van der Waals surface area contributed by atoms with Crippen molar-refractivity contribution < 1.29 is 17.6 Å². The Morgan fingerprint density at radius 2 is 2.19 bits per heavy atom. The van der Waals surface area contributed by atoms with E-state index in [2.05, 4.69) is 0 Å². The van der Waals surface area contributed by atoms with Crippen LogP contribution in [0.15, 0.2) is 4.42 Å². The normalized spacial score (nSPS) is 18.1. The lowest BCUT2D eigenvalue weighted by molar-refractivity contribution is 0.0999. The predicted octanol–water partition coefficient (Wildman–Crippen LogP) is 0.200.